The van der Waals surface area contributed by atoms with Crippen LogP contribution in [0.15, 0.2) is 34.1 Å². The largest absolute Gasteiger partial charge is 0.398 e. The summed E-state index contributed by atoms with van der Waals surface area (Å²) < 4.78 is 1.06. The third kappa shape index (κ3) is 3.11. The van der Waals surface area contributed by atoms with Crippen molar-refractivity contribution in [3.63, 3.8) is 0 Å². The zero-order chi connectivity index (χ0) is 13.1. The maximum absolute atomic E-state index is 11.9. The smallest absolute Gasteiger partial charge is 0.251 e. The predicted octanol–water partition coefficient (Wildman–Crippen LogP) is 3.33. The quantitative estimate of drug-likeness (QED) is 0.851. The van der Waals surface area contributed by atoms with Gasteiger partial charge in [0.2, 0.25) is 0 Å². The molecule has 0 bridgehead atoms. The number of carbonyl (C=O) groups is 1. The van der Waals surface area contributed by atoms with Crippen LogP contribution in [-0.2, 0) is 6.54 Å². The summed E-state index contributed by atoms with van der Waals surface area (Å²) in [6.07, 6.45) is 0. The summed E-state index contributed by atoms with van der Waals surface area (Å²) in [6.45, 7) is 2.45. The molecule has 5 heteroatoms. The van der Waals surface area contributed by atoms with Crippen molar-refractivity contribution >= 4 is 38.9 Å². The van der Waals surface area contributed by atoms with Crippen LogP contribution in [0, 0.1) is 6.92 Å². The molecule has 94 valence electrons. The summed E-state index contributed by atoms with van der Waals surface area (Å²) in [5.41, 5.74) is 8.00. The SMILES string of the molecule is Cc1ccc(C(=O)NCc2ccc(Br)s2)cc1N. The van der Waals surface area contributed by atoms with Gasteiger partial charge in [-0.1, -0.05) is 6.07 Å². The molecule has 1 heterocycles. The molecule has 0 radical (unpaired) electrons. The van der Waals surface area contributed by atoms with Crippen molar-refractivity contribution in [2.75, 3.05) is 5.73 Å². The van der Waals surface area contributed by atoms with E-state index in [4.69, 9.17) is 5.73 Å². The van der Waals surface area contributed by atoms with Gasteiger partial charge in [-0.25, -0.2) is 0 Å². The molecule has 0 fully saturated rings. The zero-order valence-electron chi connectivity index (χ0n) is 9.87. The topological polar surface area (TPSA) is 55.1 Å². The van der Waals surface area contributed by atoms with E-state index < -0.39 is 0 Å². The van der Waals surface area contributed by atoms with Gasteiger partial charge in [0.05, 0.1) is 10.3 Å². The van der Waals surface area contributed by atoms with Gasteiger partial charge in [0.15, 0.2) is 0 Å². The first-order valence-electron chi connectivity index (χ1n) is 5.45. The first-order chi connectivity index (χ1) is 8.56. The number of rotatable bonds is 3. The summed E-state index contributed by atoms with van der Waals surface area (Å²) in [5, 5.41) is 2.87. The van der Waals surface area contributed by atoms with E-state index in [0.717, 1.165) is 14.2 Å². The standard InChI is InChI=1S/C13H13BrN2OS/c1-8-2-3-9(6-11(8)15)13(17)16-7-10-4-5-12(14)18-10/h2-6H,7,15H2,1H3,(H,16,17). The Balaban J connectivity index is 2.01. The molecule has 0 atom stereocenters. The second-order valence-electron chi connectivity index (χ2n) is 3.96. The third-order valence-electron chi connectivity index (χ3n) is 2.59. The maximum atomic E-state index is 11.9. The van der Waals surface area contributed by atoms with Crippen molar-refractivity contribution in [2.45, 2.75) is 13.5 Å². The Labute approximate surface area is 118 Å². The molecule has 0 aliphatic heterocycles. The van der Waals surface area contributed by atoms with E-state index >= 15 is 0 Å². The zero-order valence-corrected chi connectivity index (χ0v) is 12.3. The molecule has 0 aliphatic carbocycles. The third-order valence-corrected chi connectivity index (χ3v) is 4.22. The number of carbonyl (C=O) groups excluding carboxylic acids is 1. The van der Waals surface area contributed by atoms with Gasteiger partial charge in [-0.05, 0) is 52.7 Å². The molecule has 2 rings (SSSR count). The number of benzene rings is 1. The van der Waals surface area contributed by atoms with Crippen LogP contribution in [-0.4, -0.2) is 5.91 Å². The Kier molecular flexibility index (Phi) is 4.04. The van der Waals surface area contributed by atoms with Gasteiger partial charge in [0, 0.05) is 16.1 Å². The minimum absolute atomic E-state index is 0.105. The number of nitrogens with one attached hydrogen (secondary N) is 1. The molecule has 0 saturated carbocycles. The molecule has 0 spiro atoms. The number of nitrogen functional groups attached to an aromatic ring is 1. The Morgan fingerprint density at radius 3 is 2.78 bits per heavy atom. The molecular formula is C13H13BrN2OS. The van der Waals surface area contributed by atoms with Crippen LogP contribution >= 0.6 is 27.3 Å². The molecule has 1 aromatic heterocycles. The van der Waals surface area contributed by atoms with E-state index in [0.29, 0.717) is 17.8 Å². The molecule has 1 amide bonds. The summed E-state index contributed by atoms with van der Waals surface area (Å²) >= 11 is 5.00. The van der Waals surface area contributed by atoms with Gasteiger partial charge in [-0.2, -0.15) is 0 Å². The minimum atomic E-state index is -0.105. The van der Waals surface area contributed by atoms with Gasteiger partial charge in [-0.3, -0.25) is 4.79 Å². The van der Waals surface area contributed by atoms with Crippen LogP contribution in [0.2, 0.25) is 0 Å². The maximum Gasteiger partial charge on any atom is 0.251 e. The van der Waals surface area contributed by atoms with Crippen LogP contribution in [0.25, 0.3) is 0 Å². The molecule has 1 aromatic carbocycles. The summed E-state index contributed by atoms with van der Waals surface area (Å²) in [6, 6.07) is 9.29. The molecule has 18 heavy (non-hydrogen) atoms. The summed E-state index contributed by atoms with van der Waals surface area (Å²) in [5.74, 6) is -0.105. The van der Waals surface area contributed by atoms with Crippen molar-refractivity contribution in [3.8, 4) is 0 Å². The first kappa shape index (κ1) is 13.1. The molecule has 0 unspecified atom stereocenters. The van der Waals surface area contributed by atoms with Crippen LogP contribution in [0.1, 0.15) is 20.8 Å². The van der Waals surface area contributed by atoms with E-state index in [1.54, 1.807) is 23.5 Å². The Morgan fingerprint density at radius 2 is 2.17 bits per heavy atom. The van der Waals surface area contributed by atoms with Gasteiger partial charge in [-0.15, -0.1) is 11.3 Å². The number of amides is 1. The van der Waals surface area contributed by atoms with Crippen molar-refractivity contribution in [2.24, 2.45) is 0 Å². The van der Waals surface area contributed by atoms with E-state index in [9.17, 15) is 4.79 Å². The minimum Gasteiger partial charge on any atom is -0.398 e. The number of anilines is 1. The van der Waals surface area contributed by atoms with Crippen LogP contribution < -0.4 is 11.1 Å². The van der Waals surface area contributed by atoms with Crippen LogP contribution in [0.3, 0.4) is 0 Å². The molecule has 2 aromatic rings. The van der Waals surface area contributed by atoms with E-state index in [-0.39, 0.29) is 5.91 Å². The molecule has 0 saturated heterocycles. The number of hydrogen-bond donors (Lipinski definition) is 2. The highest BCUT2D eigenvalue weighted by molar-refractivity contribution is 9.11. The van der Waals surface area contributed by atoms with Crippen molar-refractivity contribution in [3.05, 3.63) is 50.1 Å². The van der Waals surface area contributed by atoms with Gasteiger partial charge in [0.1, 0.15) is 0 Å². The fourth-order valence-electron chi connectivity index (χ4n) is 1.50. The average Bonchev–Trinajstić information content (AvgIpc) is 2.75. The Morgan fingerprint density at radius 1 is 1.39 bits per heavy atom. The Bertz CT molecular complexity index is 580. The van der Waals surface area contributed by atoms with E-state index in [1.807, 2.05) is 25.1 Å². The lowest BCUT2D eigenvalue weighted by atomic mass is 10.1. The predicted molar refractivity (Wildman–Crippen MR) is 78.8 cm³/mol. The number of aryl methyl sites for hydroxylation is 1. The normalized spacial score (nSPS) is 10.3. The summed E-state index contributed by atoms with van der Waals surface area (Å²) in [4.78, 5) is 13.0. The van der Waals surface area contributed by atoms with Crippen LogP contribution in [0.4, 0.5) is 5.69 Å². The van der Waals surface area contributed by atoms with Gasteiger partial charge >= 0.3 is 0 Å². The first-order valence-corrected chi connectivity index (χ1v) is 7.06. The lowest BCUT2D eigenvalue weighted by Crippen LogP contribution is -2.22. The van der Waals surface area contributed by atoms with Gasteiger partial charge in [0.25, 0.3) is 5.91 Å². The summed E-state index contributed by atoms with van der Waals surface area (Å²) in [7, 11) is 0. The Hall–Kier alpha value is -1.33. The second kappa shape index (κ2) is 5.54. The lowest BCUT2D eigenvalue weighted by Gasteiger charge is -2.06. The highest BCUT2D eigenvalue weighted by Gasteiger charge is 2.07. The van der Waals surface area contributed by atoms with Crippen LogP contribution in [0.5, 0.6) is 0 Å². The highest BCUT2D eigenvalue weighted by atomic mass is 79.9. The molecule has 3 nitrogen and oxygen atoms in total. The van der Waals surface area contributed by atoms with Gasteiger partial charge < -0.3 is 11.1 Å². The number of halogens is 1. The van der Waals surface area contributed by atoms with Crippen molar-refractivity contribution in [1.29, 1.82) is 0 Å². The molecule has 3 N–H and O–H groups in total. The molecule has 0 aliphatic rings. The van der Waals surface area contributed by atoms with Crippen molar-refractivity contribution < 1.29 is 4.79 Å². The fourth-order valence-corrected chi connectivity index (χ4v) is 2.92. The number of nitrogens with two attached hydrogens (primary N) is 1. The fraction of sp³-hybridized carbons (Fsp3) is 0.154. The van der Waals surface area contributed by atoms with Crippen molar-refractivity contribution in [1.82, 2.24) is 5.32 Å². The number of hydrogen-bond acceptors (Lipinski definition) is 3. The lowest BCUT2D eigenvalue weighted by molar-refractivity contribution is 0.0951. The monoisotopic (exact) mass is 324 g/mol. The number of thiophene rings is 1. The van der Waals surface area contributed by atoms with E-state index in [2.05, 4.69) is 21.2 Å². The van der Waals surface area contributed by atoms with E-state index in [1.165, 1.54) is 0 Å². The second-order valence-corrected chi connectivity index (χ2v) is 6.51. The highest BCUT2D eigenvalue weighted by Crippen LogP contribution is 2.22. The molecular weight excluding hydrogens is 312 g/mol. The average molecular weight is 325 g/mol.